The Bertz CT molecular complexity index is 678. The van der Waals surface area contributed by atoms with Crippen molar-refractivity contribution in [1.29, 1.82) is 0 Å². The van der Waals surface area contributed by atoms with Crippen LogP contribution in [0.5, 0.6) is 0 Å². The molecule has 0 spiro atoms. The maximum atomic E-state index is 12.5. The smallest absolute Gasteiger partial charge is 0.459 e. The van der Waals surface area contributed by atoms with E-state index in [1.54, 1.807) is 30.3 Å². The van der Waals surface area contributed by atoms with E-state index in [-0.39, 0.29) is 6.61 Å². The zero-order valence-electron chi connectivity index (χ0n) is 12.9. The van der Waals surface area contributed by atoms with E-state index in [0.29, 0.717) is 5.56 Å². The lowest BCUT2D eigenvalue weighted by Crippen LogP contribution is -2.50. The van der Waals surface area contributed by atoms with E-state index in [0.717, 1.165) is 5.56 Å². The third kappa shape index (κ3) is 4.31. The van der Waals surface area contributed by atoms with Gasteiger partial charge in [0.05, 0.1) is 0 Å². The summed E-state index contributed by atoms with van der Waals surface area (Å²) in [6.07, 6.45) is -1.14. The maximum Gasteiger partial charge on any atom is 0.527 e. The molecule has 0 aliphatic heterocycles. The fourth-order valence-corrected chi connectivity index (χ4v) is 2.05. The predicted octanol–water partition coefficient (Wildman–Crippen LogP) is 1.61. The molecule has 0 fully saturated rings. The largest absolute Gasteiger partial charge is 0.527 e. The van der Waals surface area contributed by atoms with Crippen LogP contribution in [0.1, 0.15) is 11.1 Å². The highest BCUT2D eigenvalue weighted by molar-refractivity contribution is 5.83. The summed E-state index contributed by atoms with van der Waals surface area (Å²) in [5.74, 6) is 3.99. The van der Waals surface area contributed by atoms with Crippen molar-refractivity contribution in [2.75, 3.05) is 6.61 Å². The molecule has 0 radical (unpaired) electrons. The summed E-state index contributed by atoms with van der Waals surface area (Å²) in [5.41, 5.74) is 5.75. The number of esters is 1. The summed E-state index contributed by atoms with van der Waals surface area (Å²) < 4.78 is 10.1. The topological polar surface area (TPSA) is 114 Å². The Labute approximate surface area is 139 Å². The molecule has 0 saturated heterocycles. The second-order valence-corrected chi connectivity index (χ2v) is 5.06. The minimum atomic E-state index is -1.68. The van der Waals surface area contributed by atoms with Crippen LogP contribution >= 0.6 is 0 Å². The van der Waals surface area contributed by atoms with Crippen LogP contribution in [0.4, 0.5) is 4.79 Å². The van der Waals surface area contributed by atoms with Crippen LogP contribution in [-0.2, 0) is 31.3 Å². The molecule has 0 saturated carbocycles. The molecule has 0 unspecified atom stereocenters. The lowest BCUT2D eigenvalue weighted by atomic mass is 9.92. The number of ether oxygens (including phenoxy) is 2. The summed E-state index contributed by atoms with van der Waals surface area (Å²) in [6.45, 7) is -0.423. The Morgan fingerprint density at radius 2 is 1.50 bits per heavy atom. The Morgan fingerprint density at radius 1 is 0.917 bits per heavy atom. The van der Waals surface area contributed by atoms with Gasteiger partial charge in [-0.3, -0.25) is 0 Å². The monoisotopic (exact) mass is 330 g/mol. The van der Waals surface area contributed by atoms with E-state index in [9.17, 15) is 9.59 Å². The molecule has 2 aromatic carbocycles. The molecule has 24 heavy (non-hydrogen) atoms. The highest BCUT2D eigenvalue weighted by atomic mass is 16.8. The molecule has 7 nitrogen and oxygen atoms in total. The quantitative estimate of drug-likeness (QED) is 0.611. The molecule has 7 heteroatoms. The molecular weight excluding hydrogens is 312 g/mol. The van der Waals surface area contributed by atoms with Gasteiger partial charge in [0.1, 0.15) is 13.2 Å². The first-order chi connectivity index (χ1) is 11.6. The molecule has 0 heterocycles. The number of rotatable bonds is 6. The van der Waals surface area contributed by atoms with Gasteiger partial charge in [0.15, 0.2) is 5.54 Å². The summed E-state index contributed by atoms with van der Waals surface area (Å²) in [6, 6.07) is 17.6. The first kappa shape index (κ1) is 17.5. The van der Waals surface area contributed by atoms with Gasteiger partial charge in [-0.1, -0.05) is 60.7 Å². The van der Waals surface area contributed by atoms with Crippen molar-refractivity contribution in [3.63, 3.8) is 0 Å². The summed E-state index contributed by atoms with van der Waals surface area (Å²) in [7, 11) is 0. The van der Waals surface area contributed by atoms with Gasteiger partial charge in [-0.25, -0.2) is 9.59 Å². The van der Waals surface area contributed by atoms with Crippen molar-refractivity contribution >= 4 is 12.1 Å². The molecule has 0 aliphatic carbocycles. The van der Waals surface area contributed by atoms with E-state index in [1.807, 2.05) is 30.3 Å². The van der Waals surface area contributed by atoms with Crippen molar-refractivity contribution in [3.05, 3.63) is 71.8 Å². The highest BCUT2D eigenvalue weighted by Gasteiger charge is 2.39. The normalized spacial score (nSPS) is 12.8. The summed E-state index contributed by atoms with van der Waals surface area (Å²) in [4.78, 5) is 27.6. The summed E-state index contributed by atoms with van der Waals surface area (Å²) in [5, 5.41) is 0. The third-order valence-corrected chi connectivity index (χ3v) is 3.38. The van der Waals surface area contributed by atoms with Gasteiger partial charge in [-0.05, 0) is 11.1 Å². The Morgan fingerprint density at radius 3 is 2.08 bits per heavy atom. The molecule has 1 atom stereocenters. The average molecular weight is 330 g/mol. The van der Waals surface area contributed by atoms with E-state index in [4.69, 9.17) is 21.1 Å². The first-order valence-electron chi connectivity index (χ1n) is 7.15. The van der Waals surface area contributed by atoms with Crippen molar-refractivity contribution in [1.82, 2.24) is 0 Å². The molecule has 126 valence electrons. The lowest BCUT2D eigenvalue weighted by molar-refractivity contribution is -0.154. The van der Waals surface area contributed by atoms with Crippen molar-refractivity contribution in [2.45, 2.75) is 12.1 Å². The number of benzene rings is 2. The molecule has 0 amide bonds. The fraction of sp³-hybridized carbons (Fsp3) is 0.176. The second kappa shape index (κ2) is 8.09. The van der Waals surface area contributed by atoms with Gasteiger partial charge in [0.2, 0.25) is 0 Å². The van der Waals surface area contributed by atoms with Crippen LogP contribution in [0, 0.1) is 0 Å². The standard InChI is InChI=1S/C17H18N2O5/c18-17(12-23-16(21)24-19,14-9-5-2-6-10-14)15(20)22-11-13-7-3-1-4-8-13/h1-10H,11-12,18-19H2/t17-/m1/s1. The number of hydrogen-bond donors (Lipinski definition) is 2. The van der Waals surface area contributed by atoms with Crippen LogP contribution in [-0.4, -0.2) is 18.7 Å². The predicted molar refractivity (Wildman–Crippen MR) is 85.2 cm³/mol. The maximum absolute atomic E-state index is 12.5. The summed E-state index contributed by atoms with van der Waals surface area (Å²) >= 11 is 0. The van der Waals surface area contributed by atoms with Gasteiger partial charge in [-0.15, -0.1) is 0 Å². The zero-order chi connectivity index (χ0) is 17.4. The van der Waals surface area contributed by atoms with Gasteiger partial charge in [0.25, 0.3) is 0 Å². The van der Waals surface area contributed by atoms with Crippen LogP contribution < -0.4 is 11.6 Å². The van der Waals surface area contributed by atoms with Gasteiger partial charge >= 0.3 is 12.1 Å². The van der Waals surface area contributed by atoms with Crippen molar-refractivity contribution in [3.8, 4) is 0 Å². The fourth-order valence-electron chi connectivity index (χ4n) is 2.05. The van der Waals surface area contributed by atoms with E-state index >= 15 is 0 Å². The average Bonchev–Trinajstić information content (AvgIpc) is 2.65. The Balaban J connectivity index is 2.15. The Kier molecular flexibility index (Phi) is 5.89. The Hall–Kier alpha value is -2.90. The van der Waals surface area contributed by atoms with Crippen LogP contribution in [0.2, 0.25) is 0 Å². The van der Waals surface area contributed by atoms with Crippen molar-refractivity contribution < 1.29 is 23.9 Å². The van der Waals surface area contributed by atoms with E-state index < -0.39 is 24.3 Å². The minimum Gasteiger partial charge on any atom is -0.459 e. The molecule has 2 aromatic rings. The zero-order valence-corrected chi connectivity index (χ0v) is 12.9. The number of carbonyl (C=O) groups is 2. The number of carbonyl (C=O) groups excluding carboxylic acids is 2. The molecule has 4 N–H and O–H groups in total. The molecule has 0 bridgehead atoms. The van der Waals surface area contributed by atoms with Gasteiger partial charge < -0.3 is 20.0 Å². The first-order valence-corrected chi connectivity index (χ1v) is 7.15. The molecule has 0 aromatic heterocycles. The number of hydrogen-bond acceptors (Lipinski definition) is 7. The van der Waals surface area contributed by atoms with Crippen molar-refractivity contribution in [2.24, 2.45) is 11.6 Å². The SMILES string of the molecule is NOC(=O)OC[C@](N)(C(=O)OCc1ccccc1)c1ccccc1. The molecule has 0 aliphatic rings. The highest BCUT2D eigenvalue weighted by Crippen LogP contribution is 2.21. The third-order valence-electron chi connectivity index (χ3n) is 3.38. The van der Waals surface area contributed by atoms with Crippen LogP contribution in [0.25, 0.3) is 0 Å². The van der Waals surface area contributed by atoms with E-state index in [2.05, 4.69) is 4.84 Å². The molecular formula is C17H18N2O5. The molecule has 2 rings (SSSR count). The van der Waals surface area contributed by atoms with Crippen LogP contribution in [0.15, 0.2) is 60.7 Å². The van der Waals surface area contributed by atoms with Crippen LogP contribution in [0.3, 0.4) is 0 Å². The number of nitrogens with two attached hydrogens (primary N) is 2. The second-order valence-electron chi connectivity index (χ2n) is 5.06. The van der Waals surface area contributed by atoms with E-state index in [1.165, 1.54) is 0 Å². The minimum absolute atomic E-state index is 0.0484. The lowest BCUT2D eigenvalue weighted by Gasteiger charge is -2.26. The van der Waals surface area contributed by atoms with Gasteiger partial charge in [0, 0.05) is 0 Å². The van der Waals surface area contributed by atoms with Gasteiger partial charge in [-0.2, -0.15) is 5.90 Å².